The third-order valence-electron chi connectivity index (χ3n) is 6.41. The summed E-state index contributed by atoms with van der Waals surface area (Å²) in [6, 6.07) is 31.6. The predicted molar refractivity (Wildman–Crippen MR) is 149 cm³/mol. The number of amides is 1. The summed E-state index contributed by atoms with van der Waals surface area (Å²) in [5.41, 5.74) is 6.81. The summed E-state index contributed by atoms with van der Waals surface area (Å²) < 4.78 is 7.91. The number of carbonyl (C=O) groups excluding carboxylic acids is 1. The van der Waals surface area contributed by atoms with Crippen LogP contribution < -0.4 is 10.1 Å². The molecule has 0 bridgehead atoms. The lowest BCUT2D eigenvalue weighted by Crippen LogP contribution is -2.13. The maximum absolute atomic E-state index is 13.0. The number of para-hydroxylation sites is 1. The molecule has 2 heterocycles. The number of ether oxygens (including phenoxy) is 1. The lowest BCUT2D eigenvalue weighted by atomic mass is 9.98. The van der Waals surface area contributed by atoms with E-state index >= 15 is 0 Å². The first-order chi connectivity index (χ1) is 19.2. The fourth-order valence-electron chi connectivity index (χ4n) is 4.61. The van der Waals surface area contributed by atoms with Crippen molar-refractivity contribution in [1.29, 1.82) is 0 Å². The lowest BCUT2D eigenvalue weighted by Gasteiger charge is -2.13. The summed E-state index contributed by atoms with van der Waals surface area (Å²) in [7, 11) is 0. The molecule has 0 unspecified atom stereocenters. The quantitative estimate of drug-likeness (QED) is 0.274. The second kappa shape index (κ2) is 10.6. The van der Waals surface area contributed by atoms with Gasteiger partial charge in [0.1, 0.15) is 0 Å². The maximum atomic E-state index is 13.0. The van der Waals surface area contributed by atoms with Gasteiger partial charge < -0.3 is 10.1 Å². The fraction of sp³-hybridized carbons (Fsp3) is 0.100. The van der Waals surface area contributed by atoms with Gasteiger partial charge in [0.15, 0.2) is 0 Å². The molecule has 192 valence electrons. The molecule has 0 radical (unpaired) electrons. The third-order valence-corrected chi connectivity index (χ3v) is 6.41. The molecule has 0 atom stereocenters. The molecule has 0 aliphatic heterocycles. The molecule has 9 nitrogen and oxygen atoms in total. The first-order valence-corrected chi connectivity index (χ1v) is 12.6. The summed E-state index contributed by atoms with van der Waals surface area (Å²) in [5, 5.41) is 17.6. The van der Waals surface area contributed by atoms with Gasteiger partial charge in [0, 0.05) is 11.1 Å². The zero-order chi connectivity index (χ0) is 26.6. The van der Waals surface area contributed by atoms with Crippen molar-refractivity contribution in [3.05, 3.63) is 108 Å². The van der Waals surface area contributed by atoms with E-state index in [1.807, 2.05) is 72.2 Å². The molecule has 0 spiro atoms. The summed E-state index contributed by atoms with van der Waals surface area (Å²) in [6.07, 6.45) is 0. The Hall–Kier alpha value is -5.31. The molecule has 2 N–H and O–H groups in total. The molecule has 4 aromatic carbocycles. The van der Waals surface area contributed by atoms with Crippen molar-refractivity contribution in [3.63, 3.8) is 0 Å². The Morgan fingerprint density at radius 1 is 0.897 bits per heavy atom. The van der Waals surface area contributed by atoms with Gasteiger partial charge in [-0.3, -0.25) is 9.36 Å². The van der Waals surface area contributed by atoms with E-state index in [9.17, 15) is 4.79 Å². The Balaban J connectivity index is 1.34. The lowest BCUT2D eigenvalue weighted by molar-refractivity contribution is 0.102. The van der Waals surface area contributed by atoms with E-state index in [0.717, 1.165) is 33.3 Å². The van der Waals surface area contributed by atoms with Crippen molar-refractivity contribution in [2.24, 2.45) is 0 Å². The van der Waals surface area contributed by atoms with Gasteiger partial charge in [0.05, 0.1) is 29.9 Å². The molecule has 39 heavy (non-hydrogen) atoms. The first-order valence-electron chi connectivity index (χ1n) is 12.6. The van der Waals surface area contributed by atoms with Crippen LogP contribution in [0.1, 0.15) is 22.8 Å². The zero-order valence-electron chi connectivity index (χ0n) is 21.2. The number of carbonyl (C=O) groups is 1. The topological polar surface area (TPSA) is 111 Å². The predicted octanol–water partition coefficient (Wildman–Crippen LogP) is 5.58. The highest BCUT2D eigenvalue weighted by Crippen LogP contribution is 2.32. The van der Waals surface area contributed by atoms with Crippen LogP contribution in [0.15, 0.2) is 97.1 Å². The first kappa shape index (κ1) is 24.1. The van der Waals surface area contributed by atoms with E-state index in [4.69, 9.17) is 9.72 Å². The number of tetrazole rings is 1. The van der Waals surface area contributed by atoms with E-state index < -0.39 is 0 Å². The molecule has 0 fully saturated rings. The van der Waals surface area contributed by atoms with Crippen molar-refractivity contribution in [1.82, 2.24) is 30.2 Å². The Morgan fingerprint density at radius 3 is 2.41 bits per heavy atom. The second-order valence-electron chi connectivity index (χ2n) is 8.88. The van der Waals surface area contributed by atoms with Gasteiger partial charge in [0.25, 0.3) is 11.9 Å². The monoisotopic (exact) mass is 515 g/mol. The molecule has 0 aliphatic rings. The van der Waals surface area contributed by atoms with Crippen LogP contribution in [0.5, 0.6) is 6.01 Å². The van der Waals surface area contributed by atoms with E-state index in [1.54, 1.807) is 12.1 Å². The SMILES string of the molecule is CCOc1nc2cccc(NC(=O)c3ccccc3)c2n1Cc1ccc(-c2ccccc2-c2nn[nH]n2)cc1. The van der Waals surface area contributed by atoms with Gasteiger partial charge in [-0.05, 0) is 53.1 Å². The number of nitrogens with zero attached hydrogens (tertiary/aromatic N) is 5. The van der Waals surface area contributed by atoms with Crippen LogP contribution in [0.4, 0.5) is 5.69 Å². The molecule has 2 aromatic heterocycles. The summed E-state index contributed by atoms with van der Waals surface area (Å²) >= 11 is 0. The van der Waals surface area contributed by atoms with Crippen LogP contribution >= 0.6 is 0 Å². The van der Waals surface area contributed by atoms with Crippen LogP contribution in [0.3, 0.4) is 0 Å². The average molecular weight is 516 g/mol. The standard InChI is InChI=1S/C30H25N7O2/c1-2-39-30-32-26-14-8-13-25(31-29(38)22-9-4-3-5-10-22)27(26)37(30)19-20-15-17-21(18-16-20)23-11-6-7-12-24(23)28-33-35-36-34-28/h3-18H,2,19H2,1H3,(H,31,38)(H,33,34,35,36). The molecular formula is C30H25N7O2. The van der Waals surface area contributed by atoms with Crippen LogP contribution in [0.25, 0.3) is 33.5 Å². The van der Waals surface area contributed by atoms with Gasteiger partial charge in [-0.1, -0.05) is 72.8 Å². The van der Waals surface area contributed by atoms with E-state index in [1.165, 1.54) is 0 Å². The van der Waals surface area contributed by atoms with Crippen LogP contribution in [0, 0.1) is 0 Å². The fourth-order valence-corrected chi connectivity index (χ4v) is 4.61. The normalized spacial score (nSPS) is 11.0. The largest absolute Gasteiger partial charge is 0.465 e. The molecule has 6 aromatic rings. The maximum Gasteiger partial charge on any atom is 0.297 e. The minimum Gasteiger partial charge on any atom is -0.465 e. The van der Waals surface area contributed by atoms with E-state index in [0.29, 0.717) is 36.2 Å². The number of anilines is 1. The highest BCUT2D eigenvalue weighted by molar-refractivity contribution is 6.08. The molecular weight excluding hydrogens is 490 g/mol. The number of imidazole rings is 1. The molecule has 9 heteroatoms. The van der Waals surface area contributed by atoms with E-state index in [2.05, 4.69) is 50.2 Å². The third kappa shape index (κ3) is 4.85. The van der Waals surface area contributed by atoms with Crippen molar-refractivity contribution >= 4 is 22.6 Å². The minimum absolute atomic E-state index is 0.182. The van der Waals surface area contributed by atoms with Gasteiger partial charge in [-0.15, -0.1) is 10.2 Å². The smallest absolute Gasteiger partial charge is 0.297 e. The number of fused-ring (bicyclic) bond motifs is 1. The number of rotatable bonds is 8. The number of hydrogen-bond donors (Lipinski definition) is 2. The molecule has 0 saturated carbocycles. The van der Waals surface area contributed by atoms with Gasteiger partial charge in [0.2, 0.25) is 5.82 Å². The number of H-pyrrole nitrogens is 1. The van der Waals surface area contributed by atoms with Crippen molar-refractivity contribution in [2.75, 3.05) is 11.9 Å². The Kier molecular flexibility index (Phi) is 6.53. The minimum atomic E-state index is -0.182. The van der Waals surface area contributed by atoms with Crippen LogP contribution in [-0.2, 0) is 6.54 Å². The number of benzene rings is 4. The van der Waals surface area contributed by atoms with Crippen molar-refractivity contribution in [2.45, 2.75) is 13.5 Å². The van der Waals surface area contributed by atoms with Gasteiger partial charge in [-0.2, -0.15) is 10.2 Å². The second-order valence-corrected chi connectivity index (χ2v) is 8.88. The van der Waals surface area contributed by atoms with Gasteiger partial charge in [-0.25, -0.2) is 0 Å². The van der Waals surface area contributed by atoms with Gasteiger partial charge >= 0.3 is 0 Å². The summed E-state index contributed by atoms with van der Waals surface area (Å²) in [4.78, 5) is 17.7. The Morgan fingerprint density at radius 2 is 1.67 bits per heavy atom. The van der Waals surface area contributed by atoms with Crippen LogP contribution in [0.2, 0.25) is 0 Å². The Labute approximate surface area is 224 Å². The van der Waals surface area contributed by atoms with E-state index in [-0.39, 0.29) is 5.91 Å². The Bertz CT molecular complexity index is 1730. The average Bonchev–Trinajstić information content (AvgIpc) is 3.63. The number of aromatic nitrogens is 6. The molecule has 0 aliphatic carbocycles. The van der Waals surface area contributed by atoms with Crippen molar-refractivity contribution in [3.8, 4) is 28.5 Å². The summed E-state index contributed by atoms with van der Waals surface area (Å²) in [6.45, 7) is 2.91. The molecule has 6 rings (SSSR count). The number of nitrogens with one attached hydrogen (secondary N) is 2. The molecule has 0 saturated heterocycles. The number of aromatic amines is 1. The zero-order valence-corrected chi connectivity index (χ0v) is 21.2. The summed E-state index contributed by atoms with van der Waals surface area (Å²) in [5.74, 6) is 0.365. The highest BCUT2D eigenvalue weighted by atomic mass is 16.5. The highest BCUT2D eigenvalue weighted by Gasteiger charge is 2.18. The van der Waals surface area contributed by atoms with Crippen LogP contribution in [-0.4, -0.2) is 42.7 Å². The molecule has 1 amide bonds. The van der Waals surface area contributed by atoms with Crippen molar-refractivity contribution < 1.29 is 9.53 Å². The number of hydrogen-bond acceptors (Lipinski definition) is 6.